The number of likely N-dealkylation sites (tertiary alicyclic amines) is 2. The van der Waals surface area contributed by atoms with Crippen molar-refractivity contribution in [2.24, 2.45) is 5.92 Å². The van der Waals surface area contributed by atoms with Crippen LogP contribution in [0.25, 0.3) is 0 Å². The second kappa shape index (κ2) is 9.11. The van der Waals surface area contributed by atoms with Gasteiger partial charge in [-0.3, -0.25) is 19.6 Å². The van der Waals surface area contributed by atoms with E-state index in [-0.39, 0.29) is 11.9 Å². The maximum absolute atomic E-state index is 12.9. The Morgan fingerprint density at radius 3 is 2.69 bits per heavy atom. The third-order valence-electron chi connectivity index (χ3n) is 5.61. The molecule has 29 heavy (non-hydrogen) atoms. The Bertz CT molecular complexity index is 704. The molecule has 160 valence electrons. The zero-order chi connectivity index (χ0) is 21.0. The summed E-state index contributed by atoms with van der Waals surface area (Å²) in [6, 6.07) is 5.69. The van der Waals surface area contributed by atoms with Crippen molar-refractivity contribution < 1.29 is 14.3 Å². The maximum Gasteiger partial charge on any atom is 0.410 e. The van der Waals surface area contributed by atoms with Crippen LogP contribution in [-0.2, 0) is 16.1 Å². The largest absolute Gasteiger partial charge is 0.444 e. The molecule has 0 spiro atoms. The van der Waals surface area contributed by atoms with Crippen molar-refractivity contribution in [3.8, 4) is 0 Å². The van der Waals surface area contributed by atoms with Crippen molar-refractivity contribution in [1.82, 2.24) is 20.1 Å². The highest BCUT2D eigenvalue weighted by Gasteiger charge is 2.38. The Balaban J connectivity index is 1.52. The Morgan fingerprint density at radius 1 is 1.24 bits per heavy atom. The van der Waals surface area contributed by atoms with Gasteiger partial charge < -0.3 is 10.1 Å². The molecule has 7 nitrogen and oxygen atoms in total. The number of hydrogen-bond donors (Lipinski definition) is 1. The van der Waals surface area contributed by atoms with Crippen LogP contribution < -0.4 is 5.32 Å². The molecule has 7 heteroatoms. The molecule has 0 aromatic carbocycles. The molecule has 2 aliphatic heterocycles. The average Bonchev–Trinajstić information content (AvgIpc) is 3.13. The van der Waals surface area contributed by atoms with Crippen LogP contribution in [0, 0.1) is 5.92 Å². The van der Waals surface area contributed by atoms with Gasteiger partial charge in [0.05, 0.1) is 5.69 Å². The number of piperidine rings is 1. The Morgan fingerprint density at radius 2 is 2.03 bits per heavy atom. The van der Waals surface area contributed by atoms with Crippen molar-refractivity contribution in [1.29, 1.82) is 0 Å². The third-order valence-corrected chi connectivity index (χ3v) is 5.61. The van der Waals surface area contributed by atoms with Crippen LogP contribution in [0.4, 0.5) is 4.79 Å². The summed E-state index contributed by atoms with van der Waals surface area (Å²) in [7, 11) is 0. The van der Waals surface area contributed by atoms with Gasteiger partial charge in [0.25, 0.3) is 0 Å². The number of pyridine rings is 1. The Labute approximate surface area is 173 Å². The fourth-order valence-electron chi connectivity index (χ4n) is 4.17. The molecule has 0 saturated carbocycles. The molecule has 0 aliphatic carbocycles. The summed E-state index contributed by atoms with van der Waals surface area (Å²) >= 11 is 0. The van der Waals surface area contributed by atoms with Gasteiger partial charge in [-0.05, 0) is 58.1 Å². The lowest BCUT2D eigenvalue weighted by atomic mass is 9.93. The van der Waals surface area contributed by atoms with E-state index in [9.17, 15) is 9.59 Å². The first-order valence-corrected chi connectivity index (χ1v) is 10.7. The molecule has 1 N–H and O–H groups in total. The van der Waals surface area contributed by atoms with Gasteiger partial charge in [0.2, 0.25) is 5.91 Å². The summed E-state index contributed by atoms with van der Waals surface area (Å²) in [5, 5.41) is 3.21. The van der Waals surface area contributed by atoms with Gasteiger partial charge in [-0.15, -0.1) is 0 Å². The van der Waals surface area contributed by atoms with Crippen molar-refractivity contribution in [3.05, 3.63) is 30.1 Å². The SMILES string of the molecule is CC1CN(Cc2ccccn2)CCC1NC(=O)[C@@H]1CCCN1C(=O)OC(C)(C)C. The zero-order valence-electron chi connectivity index (χ0n) is 18.1. The molecule has 1 aromatic rings. The summed E-state index contributed by atoms with van der Waals surface area (Å²) in [6.07, 6.45) is 3.85. The Kier molecular flexibility index (Phi) is 6.77. The minimum Gasteiger partial charge on any atom is -0.444 e. The normalized spacial score (nSPS) is 25.7. The van der Waals surface area contributed by atoms with Gasteiger partial charge in [-0.2, -0.15) is 0 Å². The molecule has 2 saturated heterocycles. The third kappa shape index (κ3) is 5.92. The van der Waals surface area contributed by atoms with Gasteiger partial charge >= 0.3 is 6.09 Å². The molecule has 2 fully saturated rings. The number of amides is 2. The highest BCUT2D eigenvalue weighted by Crippen LogP contribution is 2.23. The number of carbonyl (C=O) groups is 2. The maximum atomic E-state index is 12.9. The van der Waals surface area contributed by atoms with Crippen molar-refractivity contribution in [3.63, 3.8) is 0 Å². The van der Waals surface area contributed by atoms with Gasteiger partial charge in [0.1, 0.15) is 11.6 Å². The van der Waals surface area contributed by atoms with Crippen molar-refractivity contribution in [2.45, 2.75) is 71.2 Å². The van der Waals surface area contributed by atoms with E-state index in [0.717, 1.165) is 38.2 Å². The number of carbonyl (C=O) groups excluding carboxylic acids is 2. The van der Waals surface area contributed by atoms with Gasteiger partial charge in [0, 0.05) is 38.4 Å². The predicted molar refractivity (Wildman–Crippen MR) is 111 cm³/mol. The molecule has 2 unspecified atom stereocenters. The quantitative estimate of drug-likeness (QED) is 0.838. The topological polar surface area (TPSA) is 74.8 Å². The van der Waals surface area contributed by atoms with Crippen LogP contribution in [0.1, 0.15) is 52.7 Å². The summed E-state index contributed by atoms with van der Waals surface area (Å²) in [6.45, 7) is 11.0. The van der Waals surface area contributed by atoms with E-state index in [0.29, 0.717) is 18.9 Å². The minimum atomic E-state index is -0.560. The van der Waals surface area contributed by atoms with E-state index >= 15 is 0 Å². The standard InChI is InChI=1S/C22H34N4O3/c1-16-14-25(15-17-8-5-6-11-23-17)13-10-18(16)24-20(27)19-9-7-12-26(19)21(28)29-22(2,3)4/h5-6,8,11,16,18-19H,7,9-10,12-15H2,1-4H3,(H,24,27)/t16?,18?,19-/m0/s1. The van der Waals surface area contributed by atoms with Crippen LogP contribution in [-0.4, -0.2) is 64.1 Å². The molecular weight excluding hydrogens is 368 g/mol. The highest BCUT2D eigenvalue weighted by molar-refractivity contribution is 5.86. The van der Waals surface area contributed by atoms with Crippen molar-refractivity contribution >= 4 is 12.0 Å². The molecule has 3 atom stereocenters. The van der Waals surface area contributed by atoms with E-state index in [1.807, 2.05) is 45.2 Å². The molecule has 1 aromatic heterocycles. The number of nitrogens with zero attached hydrogens (tertiary/aromatic N) is 3. The fourth-order valence-corrected chi connectivity index (χ4v) is 4.17. The molecule has 0 radical (unpaired) electrons. The first-order chi connectivity index (χ1) is 13.7. The number of ether oxygens (including phenoxy) is 1. The smallest absolute Gasteiger partial charge is 0.410 e. The van der Waals surface area contributed by atoms with Gasteiger partial charge in [-0.25, -0.2) is 4.79 Å². The summed E-state index contributed by atoms with van der Waals surface area (Å²) in [4.78, 5) is 33.8. The molecule has 2 amide bonds. The number of hydrogen-bond acceptors (Lipinski definition) is 5. The average molecular weight is 403 g/mol. The van der Waals surface area contributed by atoms with E-state index in [1.165, 1.54) is 0 Å². The van der Waals surface area contributed by atoms with Gasteiger partial charge in [0.15, 0.2) is 0 Å². The van der Waals surface area contributed by atoms with E-state index in [1.54, 1.807) is 4.90 Å². The fraction of sp³-hybridized carbons (Fsp3) is 0.682. The summed E-state index contributed by atoms with van der Waals surface area (Å²) < 4.78 is 5.48. The lowest BCUT2D eigenvalue weighted by molar-refractivity contribution is -0.127. The summed E-state index contributed by atoms with van der Waals surface area (Å²) in [5.41, 5.74) is 0.511. The number of rotatable bonds is 4. The molecule has 0 bridgehead atoms. The van der Waals surface area contributed by atoms with E-state index < -0.39 is 17.7 Å². The second-order valence-corrected chi connectivity index (χ2v) is 9.27. The van der Waals surface area contributed by atoms with Crippen LogP contribution in [0.3, 0.4) is 0 Å². The molecular formula is C22H34N4O3. The Hall–Kier alpha value is -2.15. The van der Waals surface area contributed by atoms with Gasteiger partial charge in [-0.1, -0.05) is 13.0 Å². The first-order valence-electron chi connectivity index (χ1n) is 10.7. The lowest BCUT2D eigenvalue weighted by Crippen LogP contribution is -2.54. The first kappa shape index (κ1) is 21.6. The van der Waals surface area contributed by atoms with Crippen LogP contribution in [0.2, 0.25) is 0 Å². The number of nitrogens with one attached hydrogen (secondary N) is 1. The molecule has 3 rings (SSSR count). The second-order valence-electron chi connectivity index (χ2n) is 9.27. The highest BCUT2D eigenvalue weighted by atomic mass is 16.6. The van der Waals surface area contributed by atoms with E-state index in [4.69, 9.17) is 4.74 Å². The molecule has 2 aliphatic rings. The monoisotopic (exact) mass is 402 g/mol. The summed E-state index contributed by atoms with van der Waals surface area (Å²) in [5.74, 6) is 0.288. The van der Waals surface area contributed by atoms with E-state index in [2.05, 4.69) is 22.1 Å². The van der Waals surface area contributed by atoms with Crippen LogP contribution in [0.5, 0.6) is 0 Å². The van der Waals surface area contributed by atoms with Crippen LogP contribution >= 0.6 is 0 Å². The minimum absolute atomic E-state index is 0.0524. The zero-order valence-corrected chi connectivity index (χ0v) is 18.1. The van der Waals surface area contributed by atoms with Crippen molar-refractivity contribution in [2.75, 3.05) is 19.6 Å². The number of aromatic nitrogens is 1. The lowest BCUT2D eigenvalue weighted by Gasteiger charge is -2.38. The predicted octanol–water partition coefficient (Wildman–Crippen LogP) is 2.81. The van der Waals surface area contributed by atoms with Crippen LogP contribution in [0.15, 0.2) is 24.4 Å². The molecule has 3 heterocycles.